The summed E-state index contributed by atoms with van der Waals surface area (Å²) in [6.07, 6.45) is 4.15. The molecule has 4 rings (SSSR count). The lowest BCUT2D eigenvalue weighted by Gasteiger charge is -2.07. The van der Waals surface area contributed by atoms with E-state index < -0.39 is 0 Å². The minimum atomic E-state index is -0.374. The number of halogens is 2. The Morgan fingerprint density at radius 1 is 1.21 bits per heavy atom. The molecule has 0 aliphatic carbocycles. The quantitative estimate of drug-likeness (QED) is 0.419. The molecule has 0 unspecified atom stereocenters. The third-order valence-electron chi connectivity index (χ3n) is 3.82. The number of nitrogens with one attached hydrogen (secondary N) is 1. The Morgan fingerprint density at radius 2 is 2.10 bits per heavy atom. The smallest absolute Gasteiger partial charge is 0.264 e. The molecule has 1 aromatic carbocycles. The topological polar surface area (TPSA) is 107 Å². The van der Waals surface area contributed by atoms with Crippen molar-refractivity contribution in [2.75, 3.05) is 6.61 Å². The van der Waals surface area contributed by atoms with Crippen LogP contribution in [0.4, 0.5) is 0 Å². The van der Waals surface area contributed by atoms with Gasteiger partial charge in [0.15, 0.2) is 10.8 Å². The van der Waals surface area contributed by atoms with Crippen molar-refractivity contribution in [2.24, 2.45) is 0 Å². The second-order valence-corrected chi connectivity index (χ2v) is 7.58. The summed E-state index contributed by atoms with van der Waals surface area (Å²) in [7, 11) is 0. The van der Waals surface area contributed by atoms with Crippen molar-refractivity contribution in [2.45, 2.75) is 12.8 Å². The normalized spacial score (nSPS) is 11.0. The molecule has 0 spiro atoms. The van der Waals surface area contributed by atoms with Gasteiger partial charge in [0.1, 0.15) is 11.3 Å². The minimum Gasteiger partial charge on any atom is -0.492 e. The fourth-order valence-corrected chi connectivity index (χ4v) is 3.51. The molecule has 0 fully saturated rings. The van der Waals surface area contributed by atoms with Crippen LogP contribution in [0.15, 0.2) is 45.2 Å². The van der Waals surface area contributed by atoms with E-state index in [1.54, 1.807) is 29.8 Å². The number of thiazole rings is 1. The van der Waals surface area contributed by atoms with Gasteiger partial charge in [0.2, 0.25) is 5.89 Å². The first-order chi connectivity index (χ1) is 14.1. The standard InChI is InChI=1S/C18H13Cl2N5O3S/c19-10-3-4-13(12(20)8-10)27-6-1-2-14-24-25-17(28-14)11-9-22-15(23-16(11)26)18-21-5-7-29-18/h3-5,7-9H,1-2,6H2,(H,22,23,26). The lowest BCUT2D eigenvalue weighted by atomic mass is 10.3. The molecule has 4 aromatic rings. The van der Waals surface area contributed by atoms with E-state index in [9.17, 15) is 4.79 Å². The zero-order chi connectivity index (χ0) is 20.2. The van der Waals surface area contributed by atoms with Gasteiger partial charge in [-0.2, -0.15) is 0 Å². The summed E-state index contributed by atoms with van der Waals surface area (Å²) in [5.74, 6) is 1.46. The number of aryl methyl sites for hydroxylation is 1. The second kappa shape index (κ2) is 8.73. The predicted molar refractivity (Wildman–Crippen MR) is 110 cm³/mol. The van der Waals surface area contributed by atoms with Gasteiger partial charge in [-0.3, -0.25) is 4.79 Å². The van der Waals surface area contributed by atoms with Crippen LogP contribution in [0.5, 0.6) is 5.75 Å². The van der Waals surface area contributed by atoms with Crippen LogP contribution >= 0.6 is 34.5 Å². The maximum Gasteiger partial charge on any atom is 0.264 e. The van der Waals surface area contributed by atoms with Gasteiger partial charge in [0, 0.05) is 29.2 Å². The van der Waals surface area contributed by atoms with Gasteiger partial charge < -0.3 is 14.1 Å². The highest BCUT2D eigenvalue weighted by molar-refractivity contribution is 7.12. The molecule has 3 aromatic heterocycles. The lowest BCUT2D eigenvalue weighted by Crippen LogP contribution is -2.11. The van der Waals surface area contributed by atoms with Crippen LogP contribution in [0, 0.1) is 0 Å². The number of benzene rings is 1. The number of hydrogen-bond donors (Lipinski definition) is 1. The van der Waals surface area contributed by atoms with Crippen molar-refractivity contribution in [3.8, 4) is 28.0 Å². The zero-order valence-corrected chi connectivity index (χ0v) is 17.1. The molecule has 0 bridgehead atoms. The molecule has 0 atom stereocenters. The van der Waals surface area contributed by atoms with E-state index in [0.717, 1.165) is 0 Å². The van der Waals surface area contributed by atoms with Crippen molar-refractivity contribution in [1.82, 2.24) is 25.1 Å². The molecule has 0 amide bonds. The van der Waals surface area contributed by atoms with Crippen molar-refractivity contribution < 1.29 is 9.15 Å². The highest BCUT2D eigenvalue weighted by atomic mass is 35.5. The molecular formula is C18H13Cl2N5O3S. The summed E-state index contributed by atoms with van der Waals surface area (Å²) in [6, 6.07) is 5.04. The van der Waals surface area contributed by atoms with E-state index in [0.29, 0.717) is 52.0 Å². The Morgan fingerprint density at radius 3 is 2.86 bits per heavy atom. The third kappa shape index (κ3) is 4.64. The summed E-state index contributed by atoms with van der Waals surface area (Å²) in [5, 5.41) is 11.3. The molecule has 0 aliphatic heterocycles. The Balaban J connectivity index is 1.36. The SMILES string of the molecule is O=c1[nH]c(-c2nccs2)ncc1-c1nnc(CCCOc2ccc(Cl)cc2Cl)o1. The van der Waals surface area contributed by atoms with Crippen LogP contribution in [0.1, 0.15) is 12.3 Å². The number of ether oxygens (including phenoxy) is 1. The van der Waals surface area contributed by atoms with Gasteiger partial charge in [0.05, 0.1) is 11.6 Å². The van der Waals surface area contributed by atoms with Crippen LogP contribution in [-0.4, -0.2) is 31.8 Å². The fourth-order valence-electron chi connectivity index (χ4n) is 2.46. The van der Waals surface area contributed by atoms with Crippen LogP contribution in [-0.2, 0) is 6.42 Å². The Kier molecular flexibility index (Phi) is 5.89. The lowest BCUT2D eigenvalue weighted by molar-refractivity contribution is 0.305. The summed E-state index contributed by atoms with van der Waals surface area (Å²) in [5.41, 5.74) is -0.172. The number of hydrogen-bond acceptors (Lipinski definition) is 8. The Labute approximate surface area is 178 Å². The molecular weight excluding hydrogens is 437 g/mol. The number of rotatable bonds is 7. The van der Waals surface area contributed by atoms with Crippen molar-refractivity contribution >= 4 is 34.5 Å². The van der Waals surface area contributed by atoms with E-state index in [1.807, 2.05) is 0 Å². The maximum atomic E-state index is 12.3. The molecule has 8 nitrogen and oxygen atoms in total. The first-order valence-electron chi connectivity index (χ1n) is 8.50. The maximum absolute atomic E-state index is 12.3. The predicted octanol–water partition coefficient (Wildman–Crippen LogP) is 4.26. The van der Waals surface area contributed by atoms with Gasteiger partial charge in [-0.1, -0.05) is 23.2 Å². The summed E-state index contributed by atoms with van der Waals surface area (Å²) in [4.78, 5) is 23.3. The second-order valence-electron chi connectivity index (χ2n) is 5.84. The molecule has 1 N–H and O–H groups in total. The van der Waals surface area contributed by atoms with Crippen molar-refractivity contribution in [3.05, 3.63) is 62.3 Å². The number of H-pyrrole nitrogens is 1. The molecule has 0 aliphatic rings. The summed E-state index contributed by atoms with van der Waals surface area (Å²) >= 11 is 13.3. The molecule has 0 saturated carbocycles. The average Bonchev–Trinajstić information content (AvgIpc) is 3.39. The monoisotopic (exact) mass is 449 g/mol. The largest absolute Gasteiger partial charge is 0.492 e. The molecule has 148 valence electrons. The van der Waals surface area contributed by atoms with Gasteiger partial charge in [-0.25, -0.2) is 9.97 Å². The summed E-state index contributed by atoms with van der Waals surface area (Å²) in [6.45, 7) is 0.406. The number of nitrogens with zero attached hydrogens (tertiary/aromatic N) is 4. The van der Waals surface area contributed by atoms with Crippen LogP contribution < -0.4 is 10.3 Å². The Hall–Kier alpha value is -2.75. The van der Waals surface area contributed by atoms with Gasteiger partial charge in [-0.05, 0) is 24.6 Å². The highest BCUT2D eigenvalue weighted by Crippen LogP contribution is 2.27. The fraction of sp³-hybridized carbons (Fsp3) is 0.167. The van der Waals surface area contributed by atoms with Crippen LogP contribution in [0.2, 0.25) is 10.0 Å². The van der Waals surface area contributed by atoms with Crippen LogP contribution in [0.3, 0.4) is 0 Å². The van der Waals surface area contributed by atoms with Crippen molar-refractivity contribution in [3.63, 3.8) is 0 Å². The van der Waals surface area contributed by atoms with E-state index in [4.69, 9.17) is 32.4 Å². The van der Waals surface area contributed by atoms with E-state index in [2.05, 4.69) is 25.1 Å². The van der Waals surface area contributed by atoms with E-state index in [-0.39, 0.29) is 17.0 Å². The minimum absolute atomic E-state index is 0.112. The van der Waals surface area contributed by atoms with Crippen molar-refractivity contribution in [1.29, 1.82) is 0 Å². The van der Waals surface area contributed by atoms with Gasteiger partial charge >= 0.3 is 0 Å². The number of aromatic nitrogens is 5. The van der Waals surface area contributed by atoms with Gasteiger partial charge in [0.25, 0.3) is 11.4 Å². The molecule has 3 heterocycles. The van der Waals surface area contributed by atoms with Crippen LogP contribution in [0.25, 0.3) is 22.3 Å². The zero-order valence-electron chi connectivity index (χ0n) is 14.8. The van der Waals surface area contributed by atoms with Gasteiger partial charge in [-0.15, -0.1) is 21.5 Å². The third-order valence-corrected chi connectivity index (χ3v) is 5.13. The molecule has 0 saturated heterocycles. The average molecular weight is 450 g/mol. The van der Waals surface area contributed by atoms with E-state index >= 15 is 0 Å². The first kappa shape index (κ1) is 19.6. The first-order valence-corrected chi connectivity index (χ1v) is 10.1. The molecule has 0 radical (unpaired) electrons. The number of aromatic amines is 1. The summed E-state index contributed by atoms with van der Waals surface area (Å²) < 4.78 is 11.2. The molecule has 29 heavy (non-hydrogen) atoms. The Bertz CT molecular complexity index is 1180. The molecule has 11 heteroatoms. The van der Waals surface area contributed by atoms with E-state index in [1.165, 1.54) is 17.5 Å². The highest BCUT2D eigenvalue weighted by Gasteiger charge is 2.14.